The highest BCUT2D eigenvalue weighted by Gasteiger charge is 2.78. The van der Waals surface area contributed by atoms with Crippen molar-refractivity contribution in [1.82, 2.24) is 0 Å². The number of rotatable bonds is 4. The monoisotopic (exact) mass is 300 g/mol. The maximum atomic E-state index is 9.83. The molecule has 0 amide bonds. The summed E-state index contributed by atoms with van der Waals surface area (Å²) in [6.07, 6.45) is 1.88. The van der Waals surface area contributed by atoms with E-state index in [1.165, 1.54) is 0 Å². The summed E-state index contributed by atoms with van der Waals surface area (Å²) in [5, 5.41) is 37.5. The quantitative estimate of drug-likeness (QED) is 0.857. The van der Waals surface area contributed by atoms with Crippen LogP contribution in [0.1, 0.15) is 46.5 Å². The summed E-state index contributed by atoms with van der Waals surface area (Å²) in [7, 11) is 0. The maximum absolute atomic E-state index is 9.83. The molecule has 2 fully saturated rings. The van der Waals surface area contributed by atoms with Crippen molar-refractivity contribution in [2.24, 2.45) is 16.7 Å². The topological polar surface area (TPSA) is 114 Å². The zero-order valence-electron chi connectivity index (χ0n) is 13.1. The van der Waals surface area contributed by atoms with Gasteiger partial charge in [-0.3, -0.25) is 5.41 Å². The van der Waals surface area contributed by atoms with Gasteiger partial charge < -0.3 is 9.47 Å². The van der Waals surface area contributed by atoms with Gasteiger partial charge in [0.2, 0.25) is 11.7 Å². The second-order valence-electron chi connectivity index (χ2n) is 6.02. The van der Waals surface area contributed by atoms with Gasteiger partial charge in [0.15, 0.2) is 10.8 Å². The van der Waals surface area contributed by atoms with Crippen LogP contribution in [0, 0.1) is 56.2 Å². The number of nitriles is 3. The molecular formula is C16H20N4O2. The Morgan fingerprint density at radius 2 is 1.82 bits per heavy atom. The van der Waals surface area contributed by atoms with Gasteiger partial charge >= 0.3 is 0 Å². The summed E-state index contributed by atoms with van der Waals surface area (Å²) >= 11 is 0. The third-order valence-electron chi connectivity index (χ3n) is 5.23. The molecule has 2 aliphatic heterocycles. The molecule has 0 saturated carbocycles. The molecule has 1 N–H and O–H groups in total. The summed E-state index contributed by atoms with van der Waals surface area (Å²) in [5.74, 6) is -1.96. The van der Waals surface area contributed by atoms with Crippen LogP contribution in [0.25, 0.3) is 0 Å². The molecule has 2 saturated heterocycles. The van der Waals surface area contributed by atoms with E-state index in [4.69, 9.17) is 14.9 Å². The number of nitrogens with one attached hydrogen (secondary N) is 1. The van der Waals surface area contributed by atoms with Crippen LogP contribution in [0.15, 0.2) is 0 Å². The van der Waals surface area contributed by atoms with Crippen LogP contribution >= 0.6 is 0 Å². The van der Waals surface area contributed by atoms with E-state index in [0.29, 0.717) is 12.8 Å². The van der Waals surface area contributed by atoms with Gasteiger partial charge in [0, 0.05) is 6.42 Å². The van der Waals surface area contributed by atoms with Crippen molar-refractivity contribution in [1.29, 1.82) is 21.2 Å². The second kappa shape index (κ2) is 5.27. The van der Waals surface area contributed by atoms with Crippen molar-refractivity contribution in [2.75, 3.05) is 0 Å². The van der Waals surface area contributed by atoms with E-state index in [-0.39, 0.29) is 5.90 Å². The fourth-order valence-corrected chi connectivity index (χ4v) is 3.81. The minimum atomic E-state index is -1.72. The van der Waals surface area contributed by atoms with Crippen LogP contribution in [0.2, 0.25) is 0 Å². The highest BCUT2D eigenvalue weighted by atomic mass is 16.7. The predicted molar refractivity (Wildman–Crippen MR) is 77.1 cm³/mol. The number of hydrogen-bond acceptors (Lipinski definition) is 6. The lowest BCUT2D eigenvalue weighted by Gasteiger charge is -2.48. The average molecular weight is 300 g/mol. The van der Waals surface area contributed by atoms with Crippen molar-refractivity contribution in [3.63, 3.8) is 0 Å². The van der Waals surface area contributed by atoms with Gasteiger partial charge in [0.25, 0.3) is 0 Å². The molecule has 116 valence electrons. The number of fused-ring (bicyclic) bond motifs is 2. The van der Waals surface area contributed by atoms with Gasteiger partial charge in [-0.2, -0.15) is 15.8 Å². The smallest absolute Gasteiger partial charge is 0.216 e. The first-order valence-corrected chi connectivity index (χ1v) is 7.64. The molecule has 4 unspecified atom stereocenters. The van der Waals surface area contributed by atoms with Gasteiger partial charge in [-0.25, -0.2) is 0 Å². The van der Waals surface area contributed by atoms with Crippen LogP contribution in [0.3, 0.4) is 0 Å². The highest BCUT2D eigenvalue weighted by molar-refractivity contribution is 5.89. The van der Waals surface area contributed by atoms with E-state index in [1.54, 1.807) is 6.92 Å². The Labute approximate surface area is 130 Å². The summed E-state index contributed by atoms with van der Waals surface area (Å²) in [4.78, 5) is 0. The minimum absolute atomic E-state index is 0.313. The fourth-order valence-electron chi connectivity index (χ4n) is 3.81. The number of nitrogens with zero attached hydrogens (tertiary/aromatic N) is 3. The summed E-state index contributed by atoms with van der Waals surface area (Å²) < 4.78 is 11.7. The van der Waals surface area contributed by atoms with Crippen LogP contribution < -0.4 is 0 Å². The van der Waals surface area contributed by atoms with Gasteiger partial charge in [-0.1, -0.05) is 33.6 Å². The van der Waals surface area contributed by atoms with Gasteiger partial charge in [-0.05, 0) is 6.42 Å². The third-order valence-corrected chi connectivity index (χ3v) is 5.23. The Morgan fingerprint density at radius 3 is 2.27 bits per heavy atom. The molecule has 4 atom stereocenters. The van der Waals surface area contributed by atoms with Gasteiger partial charge in [0.05, 0.1) is 30.2 Å². The molecule has 6 heteroatoms. The van der Waals surface area contributed by atoms with E-state index in [0.717, 1.165) is 12.8 Å². The molecule has 2 aliphatic rings. The molecule has 22 heavy (non-hydrogen) atoms. The minimum Gasteiger partial charge on any atom is -0.447 e. The Morgan fingerprint density at radius 1 is 1.18 bits per heavy atom. The van der Waals surface area contributed by atoms with Crippen LogP contribution in [0.5, 0.6) is 0 Å². The largest absolute Gasteiger partial charge is 0.447 e. The molecule has 0 aliphatic carbocycles. The lowest BCUT2D eigenvalue weighted by Crippen LogP contribution is -2.61. The Balaban J connectivity index is 2.69. The molecular weight excluding hydrogens is 280 g/mol. The molecule has 2 rings (SSSR count). The normalized spacial score (nSPS) is 38.5. The SMILES string of the molecule is CCCCC1OC2(CC)OC(=N)C(C#N)(C2C)C1(C#N)C#N. The highest BCUT2D eigenvalue weighted by Crippen LogP contribution is 2.63. The summed E-state index contributed by atoms with van der Waals surface area (Å²) in [6, 6.07) is 6.13. The summed E-state index contributed by atoms with van der Waals surface area (Å²) in [6.45, 7) is 5.60. The number of ether oxygens (including phenoxy) is 2. The number of unbranched alkanes of at least 4 members (excludes halogenated alkanes) is 1. The van der Waals surface area contributed by atoms with E-state index in [2.05, 4.69) is 6.07 Å². The van der Waals surface area contributed by atoms with Crippen molar-refractivity contribution in [3.05, 3.63) is 0 Å². The maximum Gasteiger partial charge on any atom is 0.216 e. The molecule has 0 spiro atoms. The first-order chi connectivity index (χ1) is 10.4. The van der Waals surface area contributed by atoms with Crippen molar-refractivity contribution in [2.45, 2.75) is 58.3 Å². The zero-order chi connectivity index (χ0) is 16.6. The molecule has 0 aromatic rings. The summed E-state index contributed by atoms with van der Waals surface area (Å²) in [5.41, 5.74) is -3.30. The number of hydrogen-bond donors (Lipinski definition) is 1. The fraction of sp³-hybridized carbons (Fsp3) is 0.750. The standard InChI is InChI=1S/C16H20N4O2/c1-4-6-7-12-14(8-17,9-18)15(10-19)11(3)16(5-2,21-12)22-13(15)20/h11-12,20H,4-7H2,1-3H3. The van der Waals surface area contributed by atoms with E-state index in [9.17, 15) is 15.8 Å². The van der Waals surface area contributed by atoms with Crippen molar-refractivity contribution < 1.29 is 9.47 Å². The molecule has 2 heterocycles. The van der Waals surface area contributed by atoms with Crippen LogP contribution in [0.4, 0.5) is 0 Å². The first kappa shape index (κ1) is 16.3. The molecule has 0 aromatic heterocycles. The van der Waals surface area contributed by atoms with Crippen LogP contribution in [-0.4, -0.2) is 17.8 Å². The van der Waals surface area contributed by atoms with Crippen molar-refractivity contribution >= 4 is 5.90 Å². The van der Waals surface area contributed by atoms with Gasteiger partial charge in [0.1, 0.15) is 0 Å². The lowest BCUT2D eigenvalue weighted by atomic mass is 9.54. The molecule has 6 nitrogen and oxygen atoms in total. The lowest BCUT2D eigenvalue weighted by molar-refractivity contribution is -0.278. The van der Waals surface area contributed by atoms with E-state index < -0.39 is 28.6 Å². The first-order valence-electron chi connectivity index (χ1n) is 7.64. The van der Waals surface area contributed by atoms with Gasteiger partial charge in [-0.15, -0.1) is 0 Å². The Hall–Kier alpha value is -2.10. The molecule has 2 bridgehead atoms. The zero-order valence-corrected chi connectivity index (χ0v) is 13.1. The van der Waals surface area contributed by atoms with Crippen molar-refractivity contribution in [3.8, 4) is 18.2 Å². The average Bonchev–Trinajstić information content (AvgIpc) is 2.70. The van der Waals surface area contributed by atoms with E-state index in [1.807, 2.05) is 26.0 Å². The van der Waals surface area contributed by atoms with E-state index >= 15 is 0 Å². The molecule has 0 aromatic carbocycles. The second-order valence-corrected chi connectivity index (χ2v) is 6.02. The third kappa shape index (κ3) is 1.58. The Bertz CT molecular complexity index is 597. The molecule has 0 radical (unpaired) electrons. The predicted octanol–water partition coefficient (Wildman–Crippen LogP) is 2.87. The Kier molecular flexibility index (Phi) is 3.90. The van der Waals surface area contributed by atoms with Crippen LogP contribution in [-0.2, 0) is 9.47 Å².